The van der Waals surface area contributed by atoms with Gasteiger partial charge in [0, 0.05) is 42.5 Å². The summed E-state index contributed by atoms with van der Waals surface area (Å²) in [5, 5.41) is 8.69. The van der Waals surface area contributed by atoms with Gasteiger partial charge in [-0.15, -0.1) is 0 Å². The molecule has 0 atom stereocenters. The number of hydrogen-bond donors (Lipinski definition) is 3. The van der Waals surface area contributed by atoms with E-state index < -0.39 is 0 Å². The third-order valence-electron chi connectivity index (χ3n) is 6.35. The number of carbonyl (C=O) groups is 3. The summed E-state index contributed by atoms with van der Waals surface area (Å²) in [7, 11) is 0. The maximum absolute atomic E-state index is 12.9. The van der Waals surface area contributed by atoms with Crippen LogP contribution in [-0.2, 0) is 11.2 Å². The summed E-state index contributed by atoms with van der Waals surface area (Å²) >= 11 is 0. The zero-order chi connectivity index (χ0) is 23.0. The Hall–Kier alpha value is -3.35. The number of rotatable bonds is 7. The fraction of sp³-hybridized carbons (Fsp3) is 0.423. The average Bonchev–Trinajstić information content (AvgIpc) is 3.27. The van der Waals surface area contributed by atoms with Crippen molar-refractivity contribution in [2.45, 2.75) is 57.4 Å². The van der Waals surface area contributed by atoms with Gasteiger partial charge in [-0.2, -0.15) is 0 Å². The normalized spacial score (nSPS) is 15.6. The number of amides is 4. The van der Waals surface area contributed by atoms with E-state index in [-0.39, 0.29) is 23.9 Å². The number of nitrogens with one attached hydrogen (secondary N) is 3. The molecule has 2 aromatic carbocycles. The minimum absolute atomic E-state index is 0.0320. The Bertz CT molecular complexity index is 983. The molecule has 0 saturated heterocycles. The monoisotopic (exact) mass is 448 g/mol. The standard InChI is InChI=1S/C26H32N4O3/c31-24(11-6-17-27-26(33)29-21-8-2-1-3-9-21)28-22-14-12-20(13-15-22)25(32)30-18-16-19-7-4-5-10-23(19)30/h4-5,7,10,12-15,21H,1-3,6,8-9,11,16-18H2,(H,28,31)(H2,27,29,33). The van der Waals surface area contributed by atoms with Crippen LogP contribution in [0.15, 0.2) is 48.5 Å². The van der Waals surface area contributed by atoms with Gasteiger partial charge in [-0.05, 0) is 61.6 Å². The fourth-order valence-corrected chi connectivity index (χ4v) is 4.56. The Morgan fingerprint density at radius 3 is 2.48 bits per heavy atom. The molecular formula is C26H32N4O3. The van der Waals surface area contributed by atoms with Crippen LogP contribution >= 0.6 is 0 Å². The first-order valence-corrected chi connectivity index (χ1v) is 11.9. The van der Waals surface area contributed by atoms with Crippen molar-refractivity contribution in [3.63, 3.8) is 0 Å². The summed E-state index contributed by atoms with van der Waals surface area (Å²) in [4.78, 5) is 38.9. The van der Waals surface area contributed by atoms with E-state index in [0.29, 0.717) is 37.2 Å². The largest absolute Gasteiger partial charge is 0.338 e. The van der Waals surface area contributed by atoms with E-state index in [9.17, 15) is 14.4 Å². The van der Waals surface area contributed by atoms with E-state index in [1.54, 1.807) is 29.2 Å². The van der Waals surface area contributed by atoms with Gasteiger partial charge in [0.05, 0.1) is 0 Å². The van der Waals surface area contributed by atoms with Crippen molar-refractivity contribution in [3.05, 3.63) is 59.7 Å². The van der Waals surface area contributed by atoms with Crippen LogP contribution in [0, 0.1) is 0 Å². The molecule has 2 aromatic rings. The quantitative estimate of drug-likeness (QED) is 0.554. The molecule has 2 aliphatic rings. The third-order valence-corrected chi connectivity index (χ3v) is 6.35. The first-order valence-electron chi connectivity index (χ1n) is 11.9. The number of para-hydroxylation sites is 1. The van der Waals surface area contributed by atoms with Gasteiger partial charge >= 0.3 is 6.03 Å². The average molecular weight is 449 g/mol. The fourth-order valence-electron chi connectivity index (χ4n) is 4.56. The first kappa shape index (κ1) is 22.8. The number of carbonyl (C=O) groups excluding carboxylic acids is 3. The highest BCUT2D eigenvalue weighted by Crippen LogP contribution is 2.29. The van der Waals surface area contributed by atoms with Crippen molar-refractivity contribution < 1.29 is 14.4 Å². The van der Waals surface area contributed by atoms with Crippen LogP contribution in [0.3, 0.4) is 0 Å². The topological polar surface area (TPSA) is 90.5 Å². The highest BCUT2D eigenvalue weighted by atomic mass is 16.2. The number of fused-ring (bicyclic) bond motifs is 1. The van der Waals surface area contributed by atoms with Crippen LogP contribution in [0.4, 0.5) is 16.2 Å². The Morgan fingerprint density at radius 2 is 1.70 bits per heavy atom. The summed E-state index contributed by atoms with van der Waals surface area (Å²) in [6.45, 7) is 1.14. The Balaban J connectivity index is 1.18. The molecule has 3 N–H and O–H groups in total. The summed E-state index contributed by atoms with van der Waals surface area (Å²) in [6, 6.07) is 15.1. The second kappa shape index (κ2) is 11.0. The van der Waals surface area contributed by atoms with Gasteiger partial charge in [0.2, 0.25) is 5.91 Å². The predicted octanol–water partition coefficient (Wildman–Crippen LogP) is 4.24. The number of nitrogens with zero attached hydrogens (tertiary/aromatic N) is 1. The lowest BCUT2D eigenvalue weighted by Gasteiger charge is -2.22. The molecular weight excluding hydrogens is 416 g/mol. The van der Waals surface area contributed by atoms with E-state index in [4.69, 9.17) is 0 Å². The second-order valence-corrected chi connectivity index (χ2v) is 8.80. The lowest BCUT2D eigenvalue weighted by atomic mass is 9.96. The summed E-state index contributed by atoms with van der Waals surface area (Å²) in [5.41, 5.74) is 3.41. The van der Waals surface area contributed by atoms with E-state index in [0.717, 1.165) is 24.9 Å². The summed E-state index contributed by atoms with van der Waals surface area (Å²) in [5.74, 6) is -0.146. The minimum Gasteiger partial charge on any atom is -0.338 e. The molecule has 0 unspecified atom stereocenters. The maximum Gasteiger partial charge on any atom is 0.315 e. The lowest BCUT2D eigenvalue weighted by Crippen LogP contribution is -2.43. The molecule has 0 spiro atoms. The van der Waals surface area contributed by atoms with Gasteiger partial charge in [-0.25, -0.2) is 4.79 Å². The molecule has 1 saturated carbocycles. The van der Waals surface area contributed by atoms with Crippen molar-refractivity contribution in [1.82, 2.24) is 10.6 Å². The van der Waals surface area contributed by atoms with Crippen LogP contribution in [-0.4, -0.2) is 37.0 Å². The highest BCUT2D eigenvalue weighted by molar-refractivity contribution is 6.07. The van der Waals surface area contributed by atoms with Crippen LogP contribution in [0.5, 0.6) is 0 Å². The summed E-state index contributed by atoms with van der Waals surface area (Å²) < 4.78 is 0. The molecule has 7 nitrogen and oxygen atoms in total. The van der Waals surface area contributed by atoms with Gasteiger partial charge < -0.3 is 20.9 Å². The van der Waals surface area contributed by atoms with Crippen LogP contribution in [0.25, 0.3) is 0 Å². The molecule has 1 aliphatic carbocycles. The van der Waals surface area contributed by atoms with Crippen molar-refractivity contribution >= 4 is 29.2 Å². The molecule has 1 fully saturated rings. The Kier molecular flexibility index (Phi) is 7.60. The van der Waals surface area contributed by atoms with Crippen molar-refractivity contribution in [2.75, 3.05) is 23.3 Å². The van der Waals surface area contributed by atoms with Gasteiger partial charge in [-0.3, -0.25) is 9.59 Å². The Labute approximate surface area is 194 Å². The maximum atomic E-state index is 12.9. The highest BCUT2D eigenvalue weighted by Gasteiger charge is 2.25. The molecule has 4 amide bonds. The molecule has 0 bridgehead atoms. The van der Waals surface area contributed by atoms with Crippen LogP contribution in [0.2, 0.25) is 0 Å². The minimum atomic E-state index is -0.150. The third kappa shape index (κ3) is 6.12. The predicted molar refractivity (Wildman–Crippen MR) is 130 cm³/mol. The van der Waals surface area contributed by atoms with Gasteiger partial charge in [-0.1, -0.05) is 37.5 Å². The zero-order valence-corrected chi connectivity index (χ0v) is 18.9. The smallest absolute Gasteiger partial charge is 0.315 e. The molecule has 1 aliphatic heterocycles. The van der Waals surface area contributed by atoms with Crippen molar-refractivity contribution in [1.29, 1.82) is 0 Å². The molecule has 0 radical (unpaired) electrons. The number of urea groups is 1. The second-order valence-electron chi connectivity index (χ2n) is 8.80. The molecule has 1 heterocycles. The van der Waals surface area contributed by atoms with E-state index in [1.807, 2.05) is 18.2 Å². The van der Waals surface area contributed by atoms with E-state index in [2.05, 4.69) is 22.0 Å². The molecule has 4 rings (SSSR count). The van der Waals surface area contributed by atoms with Crippen LogP contribution < -0.4 is 20.9 Å². The van der Waals surface area contributed by atoms with Gasteiger partial charge in [0.1, 0.15) is 0 Å². The van der Waals surface area contributed by atoms with Crippen LogP contribution in [0.1, 0.15) is 60.9 Å². The van der Waals surface area contributed by atoms with Crippen molar-refractivity contribution in [2.24, 2.45) is 0 Å². The van der Waals surface area contributed by atoms with Gasteiger partial charge in [0.25, 0.3) is 5.91 Å². The molecule has 174 valence electrons. The SMILES string of the molecule is O=C(CCCNC(=O)NC1CCCCC1)Nc1ccc(C(=O)N2CCc3ccccc32)cc1. The molecule has 33 heavy (non-hydrogen) atoms. The Morgan fingerprint density at radius 1 is 0.939 bits per heavy atom. The lowest BCUT2D eigenvalue weighted by molar-refractivity contribution is -0.116. The number of benzene rings is 2. The van der Waals surface area contributed by atoms with E-state index in [1.165, 1.54) is 24.8 Å². The number of hydrogen-bond acceptors (Lipinski definition) is 3. The van der Waals surface area contributed by atoms with Crippen molar-refractivity contribution in [3.8, 4) is 0 Å². The molecule has 7 heteroatoms. The summed E-state index contributed by atoms with van der Waals surface area (Å²) in [6.07, 6.45) is 7.44. The molecule has 0 aromatic heterocycles. The first-order chi connectivity index (χ1) is 16.1. The number of anilines is 2. The zero-order valence-electron chi connectivity index (χ0n) is 18.9. The van der Waals surface area contributed by atoms with Gasteiger partial charge in [0.15, 0.2) is 0 Å². The van der Waals surface area contributed by atoms with E-state index >= 15 is 0 Å².